The van der Waals surface area contributed by atoms with Gasteiger partial charge in [0.15, 0.2) is 0 Å². The Morgan fingerprint density at radius 1 is 1.36 bits per heavy atom. The number of benzene rings is 1. The largest absolute Gasteiger partial charge is 0.387 e. The molecule has 0 aromatic heterocycles. The van der Waals surface area contributed by atoms with Gasteiger partial charge in [0.1, 0.15) is 0 Å². The first kappa shape index (κ1) is 10.9. The number of aliphatic hydroxyl groups excluding tert-OH is 1. The predicted molar refractivity (Wildman–Crippen MR) is 58.8 cm³/mol. The van der Waals surface area contributed by atoms with Gasteiger partial charge in [0.05, 0.1) is 6.10 Å². The van der Waals surface area contributed by atoms with Crippen LogP contribution in [-0.4, -0.2) is 16.9 Å². The minimum atomic E-state index is -0.592. The lowest BCUT2D eigenvalue weighted by atomic mass is 10.0. The summed E-state index contributed by atoms with van der Waals surface area (Å²) in [5.74, 6) is 0. The lowest BCUT2D eigenvalue weighted by Crippen LogP contribution is -2.14. The second-order valence-electron chi connectivity index (χ2n) is 3.54. The third-order valence-electron chi connectivity index (χ3n) is 2.26. The molecule has 1 atom stereocenters. The number of nitrogens with one attached hydrogen (secondary N) is 1. The van der Waals surface area contributed by atoms with E-state index in [4.69, 9.17) is 10.5 Å². The molecule has 0 aliphatic carbocycles. The van der Waals surface area contributed by atoms with E-state index in [1.54, 1.807) is 6.92 Å². The molecular weight excluding hydrogens is 174 g/mol. The van der Waals surface area contributed by atoms with Crippen molar-refractivity contribution in [2.24, 2.45) is 0 Å². The summed E-state index contributed by atoms with van der Waals surface area (Å²) in [4.78, 5) is 0. The molecule has 0 fully saturated rings. The van der Waals surface area contributed by atoms with Gasteiger partial charge in [-0.05, 0) is 31.7 Å². The maximum absolute atomic E-state index is 9.09. The van der Waals surface area contributed by atoms with E-state index in [1.807, 2.05) is 18.2 Å². The monoisotopic (exact) mass is 191 g/mol. The smallest absolute Gasteiger partial charge is 0.0885 e. The lowest BCUT2D eigenvalue weighted by molar-refractivity contribution is 0.258. The summed E-state index contributed by atoms with van der Waals surface area (Å²) in [6.45, 7) is 1.64. The van der Waals surface area contributed by atoms with Crippen molar-refractivity contribution in [1.29, 1.82) is 5.41 Å². The van der Waals surface area contributed by atoms with Gasteiger partial charge in [-0.1, -0.05) is 30.3 Å². The number of aliphatic hydroxyl groups is 1. The zero-order valence-electron chi connectivity index (χ0n) is 8.53. The first-order valence-corrected chi connectivity index (χ1v) is 4.99. The van der Waals surface area contributed by atoms with Crippen LogP contribution in [0.4, 0.5) is 0 Å². The van der Waals surface area contributed by atoms with E-state index in [-0.39, 0.29) is 0 Å². The summed E-state index contributed by atoms with van der Waals surface area (Å²) in [7, 11) is 0. The van der Waals surface area contributed by atoms with Gasteiger partial charge in [0.25, 0.3) is 0 Å². The van der Waals surface area contributed by atoms with Gasteiger partial charge < -0.3 is 10.5 Å². The number of rotatable bonds is 5. The van der Waals surface area contributed by atoms with Crippen LogP contribution in [0.15, 0.2) is 30.3 Å². The van der Waals surface area contributed by atoms with Crippen molar-refractivity contribution in [1.82, 2.24) is 0 Å². The van der Waals surface area contributed by atoms with Crippen LogP contribution in [0.1, 0.15) is 25.3 Å². The molecule has 1 unspecified atom stereocenters. The van der Waals surface area contributed by atoms with E-state index >= 15 is 0 Å². The van der Waals surface area contributed by atoms with Crippen molar-refractivity contribution in [3.63, 3.8) is 0 Å². The van der Waals surface area contributed by atoms with Gasteiger partial charge in [-0.2, -0.15) is 0 Å². The molecule has 0 amide bonds. The van der Waals surface area contributed by atoms with Crippen LogP contribution < -0.4 is 0 Å². The minimum absolute atomic E-state index is 0.431. The molecule has 2 heteroatoms. The molecule has 0 heterocycles. The molecule has 76 valence electrons. The molecule has 14 heavy (non-hydrogen) atoms. The molecule has 2 nitrogen and oxygen atoms in total. The van der Waals surface area contributed by atoms with Crippen molar-refractivity contribution in [3.8, 4) is 0 Å². The maximum atomic E-state index is 9.09. The SMILES string of the molecule is CC(O)C(=N)CCCc1ccccc1. The zero-order chi connectivity index (χ0) is 10.4. The Labute approximate surface area is 85.1 Å². The van der Waals surface area contributed by atoms with Crippen LogP contribution in [0, 0.1) is 5.41 Å². The molecule has 2 N–H and O–H groups in total. The lowest BCUT2D eigenvalue weighted by Gasteiger charge is -2.06. The topological polar surface area (TPSA) is 44.1 Å². The molecule has 0 saturated heterocycles. The number of hydrogen-bond donors (Lipinski definition) is 2. The number of aryl methyl sites for hydroxylation is 1. The molecule has 0 aliphatic heterocycles. The normalized spacial score (nSPS) is 12.4. The van der Waals surface area contributed by atoms with Gasteiger partial charge in [-0.15, -0.1) is 0 Å². The highest BCUT2D eigenvalue weighted by atomic mass is 16.3. The van der Waals surface area contributed by atoms with E-state index < -0.39 is 6.10 Å². The van der Waals surface area contributed by atoms with Crippen LogP contribution in [-0.2, 0) is 6.42 Å². The fourth-order valence-corrected chi connectivity index (χ4v) is 1.34. The summed E-state index contributed by atoms with van der Waals surface area (Å²) >= 11 is 0. The van der Waals surface area contributed by atoms with E-state index in [0.29, 0.717) is 12.1 Å². The van der Waals surface area contributed by atoms with Gasteiger partial charge >= 0.3 is 0 Å². The van der Waals surface area contributed by atoms with Gasteiger partial charge in [0.2, 0.25) is 0 Å². The summed E-state index contributed by atoms with van der Waals surface area (Å²) in [5, 5.41) is 16.6. The second kappa shape index (κ2) is 5.55. The average Bonchev–Trinajstić information content (AvgIpc) is 2.19. The Hall–Kier alpha value is -1.15. The fourth-order valence-electron chi connectivity index (χ4n) is 1.34. The molecular formula is C12H17NO. The van der Waals surface area contributed by atoms with Crippen LogP contribution in [0.5, 0.6) is 0 Å². The Kier molecular flexibility index (Phi) is 4.33. The molecule has 0 spiro atoms. The first-order chi connectivity index (χ1) is 6.70. The van der Waals surface area contributed by atoms with Crippen molar-refractivity contribution in [2.75, 3.05) is 0 Å². The molecule has 1 aromatic carbocycles. The Balaban J connectivity index is 2.26. The van der Waals surface area contributed by atoms with Gasteiger partial charge in [-0.25, -0.2) is 0 Å². The first-order valence-electron chi connectivity index (χ1n) is 4.99. The summed E-state index contributed by atoms with van der Waals surface area (Å²) < 4.78 is 0. The van der Waals surface area contributed by atoms with Crippen molar-refractivity contribution in [2.45, 2.75) is 32.3 Å². The van der Waals surface area contributed by atoms with Crippen molar-refractivity contribution >= 4 is 5.71 Å². The standard InChI is InChI=1S/C12H17NO/c1-10(14)12(13)9-5-8-11-6-3-2-4-7-11/h2-4,6-7,10,13-14H,5,8-9H2,1H3. The molecule has 0 aliphatic rings. The van der Waals surface area contributed by atoms with Gasteiger partial charge in [-0.3, -0.25) is 0 Å². The fraction of sp³-hybridized carbons (Fsp3) is 0.417. The summed E-state index contributed by atoms with van der Waals surface area (Å²) in [6.07, 6.45) is 2.02. The van der Waals surface area contributed by atoms with Gasteiger partial charge in [0, 0.05) is 5.71 Å². The van der Waals surface area contributed by atoms with Crippen molar-refractivity contribution in [3.05, 3.63) is 35.9 Å². The van der Waals surface area contributed by atoms with Crippen molar-refractivity contribution < 1.29 is 5.11 Å². The molecule has 0 radical (unpaired) electrons. The van der Waals surface area contributed by atoms with Crippen LogP contribution in [0.3, 0.4) is 0 Å². The third-order valence-corrected chi connectivity index (χ3v) is 2.26. The van der Waals surface area contributed by atoms with Crippen LogP contribution in [0.25, 0.3) is 0 Å². The van der Waals surface area contributed by atoms with E-state index in [0.717, 1.165) is 12.8 Å². The van der Waals surface area contributed by atoms with E-state index in [2.05, 4.69) is 12.1 Å². The molecule has 0 bridgehead atoms. The average molecular weight is 191 g/mol. The van der Waals surface area contributed by atoms with Crippen LogP contribution in [0.2, 0.25) is 0 Å². The number of hydrogen-bond acceptors (Lipinski definition) is 2. The maximum Gasteiger partial charge on any atom is 0.0885 e. The second-order valence-corrected chi connectivity index (χ2v) is 3.54. The Bertz CT molecular complexity index is 280. The Morgan fingerprint density at radius 2 is 2.00 bits per heavy atom. The van der Waals surface area contributed by atoms with Crippen LogP contribution >= 0.6 is 0 Å². The van der Waals surface area contributed by atoms with E-state index in [9.17, 15) is 0 Å². The predicted octanol–water partition coefficient (Wildman–Crippen LogP) is 2.41. The summed E-state index contributed by atoms with van der Waals surface area (Å²) in [6, 6.07) is 10.2. The zero-order valence-corrected chi connectivity index (χ0v) is 8.53. The molecule has 1 rings (SSSR count). The minimum Gasteiger partial charge on any atom is -0.387 e. The third kappa shape index (κ3) is 3.71. The highest BCUT2D eigenvalue weighted by Crippen LogP contribution is 2.05. The van der Waals surface area contributed by atoms with E-state index in [1.165, 1.54) is 5.56 Å². The Morgan fingerprint density at radius 3 is 2.57 bits per heavy atom. The highest BCUT2D eigenvalue weighted by Gasteiger charge is 2.03. The highest BCUT2D eigenvalue weighted by molar-refractivity contribution is 5.85. The molecule has 0 saturated carbocycles. The quantitative estimate of drug-likeness (QED) is 0.690. The molecule has 1 aromatic rings. The summed E-state index contributed by atoms with van der Waals surface area (Å²) in [5.41, 5.74) is 1.73.